The number of halogens is 1. The maximum Gasteiger partial charge on any atom is 0.171 e. The predicted octanol–water partition coefficient (Wildman–Crippen LogP) is 2.86. The molecule has 1 aromatic heterocycles. The van der Waals surface area contributed by atoms with Gasteiger partial charge in [0.15, 0.2) is 5.84 Å². The van der Waals surface area contributed by atoms with Gasteiger partial charge in [0.2, 0.25) is 0 Å². The summed E-state index contributed by atoms with van der Waals surface area (Å²) in [6, 6.07) is 11.3. The van der Waals surface area contributed by atoms with Gasteiger partial charge in [0.25, 0.3) is 0 Å². The van der Waals surface area contributed by atoms with Crippen LogP contribution >= 0.6 is 11.6 Å². The van der Waals surface area contributed by atoms with E-state index in [-0.39, 0.29) is 5.84 Å². The molecule has 0 saturated carbocycles. The van der Waals surface area contributed by atoms with Crippen molar-refractivity contribution in [2.75, 3.05) is 11.4 Å². The number of nitrogens with zero attached hydrogens (tertiary/aromatic N) is 3. The van der Waals surface area contributed by atoms with Crippen LogP contribution in [-0.2, 0) is 6.54 Å². The molecule has 5 nitrogen and oxygen atoms in total. The predicted molar refractivity (Wildman–Crippen MR) is 84.9 cm³/mol. The molecule has 0 aliphatic rings. The molecule has 1 aromatic carbocycles. The van der Waals surface area contributed by atoms with Crippen molar-refractivity contribution in [3.63, 3.8) is 0 Å². The van der Waals surface area contributed by atoms with Gasteiger partial charge in [0, 0.05) is 24.0 Å². The van der Waals surface area contributed by atoms with Crippen LogP contribution in [0.2, 0.25) is 5.02 Å². The van der Waals surface area contributed by atoms with Crippen LogP contribution in [0, 0.1) is 0 Å². The van der Waals surface area contributed by atoms with Crippen molar-refractivity contribution < 1.29 is 5.21 Å². The van der Waals surface area contributed by atoms with Crippen LogP contribution in [0.15, 0.2) is 47.8 Å². The van der Waals surface area contributed by atoms with Gasteiger partial charge >= 0.3 is 0 Å². The minimum absolute atomic E-state index is 0.000625. The molecule has 0 aliphatic heterocycles. The third-order valence-electron chi connectivity index (χ3n) is 3.16. The zero-order valence-electron chi connectivity index (χ0n) is 11.7. The Morgan fingerprint density at radius 1 is 1.38 bits per heavy atom. The van der Waals surface area contributed by atoms with Crippen molar-refractivity contribution in [1.29, 1.82) is 0 Å². The van der Waals surface area contributed by atoms with E-state index in [0.29, 0.717) is 17.1 Å². The number of benzene rings is 1. The summed E-state index contributed by atoms with van der Waals surface area (Å²) < 4.78 is 0. The lowest BCUT2D eigenvalue weighted by Gasteiger charge is -2.23. The van der Waals surface area contributed by atoms with Gasteiger partial charge in [-0.1, -0.05) is 22.8 Å². The molecule has 2 aromatic rings. The molecule has 21 heavy (non-hydrogen) atoms. The summed E-state index contributed by atoms with van der Waals surface area (Å²) in [5, 5.41) is 12.1. The molecule has 0 amide bonds. The quantitative estimate of drug-likeness (QED) is 0.385. The summed E-state index contributed by atoms with van der Waals surface area (Å²) in [5.74, 6) is -0.000625. The molecule has 3 N–H and O–H groups in total. The van der Waals surface area contributed by atoms with Crippen molar-refractivity contribution in [2.24, 2.45) is 10.9 Å². The molecule has 0 bridgehead atoms. The van der Waals surface area contributed by atoms with Gasteiger partial charge in [0.05, 0.1) is 17.3 Å². The molecule has 2 rings (SSSR count). The van der Waals surface area contributed by atoms with Gasteiger partial charge in [-0.3, -0.25) is 4.98 Å². The topological polar surface area (TPSA) is 74.7 Å². The molecule has 0 fully saturated rings. The number of pyridine rings is 1. The van der Waals surface area contributed by atoms with Crippen molar-refractivity contribution in [3.8, 4) is 0 Å². The van der Waals surface area contributed by atoms with Gasteiger partial charge in [-0.05, 0) is 37.3 Å². The maximum atomic E-state index is 8.72. The lowest BCUT2D eigenvalue weighted by atomic mass is 10.1. The summed E-state index contributed by atoms with van der Waals surface area (Å²) in [5.41, 5.74) is 8.02. The number of oxime groups is 1. The molecule has 0 atom stereocenters. The molecular weight excluding hydrogens is 288 g/mol. The Labute approximate surface area is 128 Å². The Balaban J connectivity index is 2.25. The number of amidine groups is 1. The molecule has 0 unspecified atom stereocenters. The second-order valence-corrected chi connectivity index (χ2v) is 4.89. The van der Waals surface area contributed by atoms with Crippen molar-refractivity contribution in [3.05, 3.63) is 58.9 Å². The molecule has 6 heteroatoms. The summed E-state index contributed by atoms with van der Waals surface area (Å²) in [4.78, 5) is 6.47. The van der Waals surface area contributed by atoms with E-state index in [9.17, 15) is 0 Å². The van der Waals surface area contributed by atoms with Crippen molar-refractivity contribution in [2.45, 2.75) is 13.5 Å². The number of anilines is 1. The van der Waals surface area contributed by atoms with Crippen LogP contribution in [0.5, 0.6) is 0 Å². The zero-order chi connectivity index (χ0) is 15.2. The fraction of sp³-hybridized carbons (Fsp3) is 0.200. The average molecular weight is 305 g/mol. The van der Waals surface area contributed by atoms with E-state index in [1.807, 2.05) is 24.3 Å². The van der Waals surface area contributed by atoms with Crippen molar-refractivity contribution in [1.82, 2.24) is 4.98 Å². The van der Waals surface area contributed by atoms with Crippen LogP contribution in [0.4, 0.5) is 5.69 Å². The maximum absolute atomic E-state index is 8.72. The minimum Gasteiger partial charge on any atom is -0.409 e. The van der Waals surface area contributed by atoms with Crippen LogP contribution < -0.4 is 10.6 Å². The average Bonchev–Trinajstić information content (AvgIpc) is 2.52. The smallest absolute Gasteiger partial charge is 0.171 e. The number of aromatic nitrogens is 1. The SMILES string of the molecule is CCN(Cc1ccccn1)c1ccc(/C(N)=N/O)c(Cl)c1. The number of rotatable bonds is 5. The first-order valence-corrected chi connectivity index (χ1v) is 6.95. The highest BCUT2D eigenvalue weighted by atomic mass is 35.5. The summed E-state index contributed by atoms with van der Waals surface area (Å²) >= 11 is 6.19. The Morgan fingerprint density at radius 3 is 2.76 bits per heavy atom. The molecular formula is C15H17ClN4O. The Bertz CT molecular complexity index is 631. The van der Waals surface area contributed by atoms with E-state index >= 15 is 0 Å². The Morgan fingerprint density at radius 2 is 2.19 bits per heavy atom. The standard InChI is InChI=1S/C15H17ClN4O/c1-2-20(10-11-5-3-4-8-18-11)12-6-7-13(14(16)9-12)15(17)19-21/h3-9,21H,2,10H2,1H3,(H2,17,19). The third kappa shape index (κ3) is 3.64. The first-order valence-electron chi connectivity index (χ1n) is 6.58. The lowest BCUT2D eigenvalue weighted by Crippen LogP contribution is -2.23. The van der Waals surface area contributed by atoms with E-state index < -0.39 is 0 Å². The Kier molecular flexibility index (Phi) is 5.00. The van der Waals surface area contributed by atoms with Gasteiger partial charge in [-0.15, -0.1) is 0 Å². The normalized spacial score (nSPS) is 11.4. The fourth-order valence-corrected chi connectivity index (χ4v) is 2.31. The van der Waals surface area contributed by atoms with Crippen molar-refractivity contribution >= 4 is 23.1 Å². The minimum atomic E-state index is -0.000625. The van der Waals surface area contributed by atoms with Crippen LogP contribution in [0.3, 0.4) is 0 Å². The van der Waals surface area contributed by atoms with Gasteiger partial charge in [-0.2, -0.15) is 0 Å². The van der Waals surface area contributed by atoms with E-state index in [4.69, 9.17) is 22.5 Å². The highest BCUT2D eigenvalue weighted by molar-refractivity contribution is 6.34. The van der Waals surface area contributed by atoms with Crippen LogP contribution in [0.25, 0.3) is 0 Å². The van der Waals surface area contributed by atoms with E-state index in [1.54, 1.807) is 18.3 Å². The monoisotopic (exact) mass is 304 g/mol. The Hall–Kier alpha value is -2.27. The fourth-order valence-electron chi connectivity index (χ4n) is 2.04. The van der Waals surface area contributed by atoms with E-state index in [2.05, 4.69) is 22.0 Å². The first-order chi connectivity index (χ1) is 10.2. The second kappa shape index (κ2) is 6.95. The van der Waals surface area contributed by atoms with Crippen LogP contribution in [-0.4, -0.2) is 22.6 Å². The van der Waals surface area contributed by atoms with Gasteiger partial charge in [-0.25, -0.2) is 0 Å². The molecule has 110 valence electrons. The zero-order valence-corrected chi connectivity index (χ0v) is 12.5. The summed E-state index contributed by atoms with van der Waals surface area (Å²) in [6.45, 7) is 3.57. The molecule has 0 aliphatic carbocycles. The van der Waals surface area contributed by atoms with Crippen LogP contribution in [0.1, 0.15) is 18.2 Å². The largest absolute Gasteiger partial charge is 0.409 e. The lowest BCUT2D eigenvalue weighted by molar-refractivity contribution is 0.318. The molecule has 0 radical (unpaired) electrons. The van der Waals surface area contributed by atoms with Gasteiger partial charge < -0.3 is 15.8 Å². The molecule has 0 saturated heterocycles. The van der Waals surface area contributed by atoms with Gasteiger partial charge in [0.1, 0.15) is 0 Å². The molecule has 1 heterocycles. The van der Waals surface area contributed by atoms with E-state index in [1.165, 1.54) is 0 Å². The van der Waals surface area contributed by atoms with E-state index in [0.717, 1.165) is 17.9 Å². The molecule has 0 spiro atoms. The highest BCUT2D eigenvalue weighted by Gasteiger charge is 2.11. The first kappa shape index (κ1) is 15.1. The summed E-state index contributed by atoms with van der Waals surface area (Å²) in [7, 11) is 0. The summed E-state index contributed by atoms with van der Waals surface area (Å²) in [6.07, 6.45) is 1.78. The third-order valence-corrected chi connectivity index (χ3v) is 3.47. The number of hydrogen-bond acceptors (Lipinski definition) is 4. The highest BCUT2D eigenvalue weighted by Crippen LogP contribution is 2.24. The number of nitrogens with two attached hydrogens (primary N) is 1. The second-order valence-electron chi connectivity index (χ2n) is 4.48. The number of hydrogen-bond donors (Lipinski definition) is 2.